The molecular weight excluding hydrogens is 254 g/mol. The number of ether oxygens (including phenoxy) is 1. The van der Waals surface area contributed by atoms with Crippen LogP contribution in [-0.2, 0) is 4.79 Å². The number of para-hydroxylation sites is 1. The van der Waals surface area contributed by atoms with Crippen molar-refractivity contribution in [1.82, 2.24) is 5.32 Å². The molecule has 2 unspecified atom stereocenters. The number of carbonyl (C=O) groups excluding carboxylic acids is 1. The molecular formula is C16H25NO3. The van der Waals surface area contributed by atoms with Crippen LogP contribution in [0.2, 0.25) is 0 Å². The van der Waals surface area contributed by atoms with Gasteiger partial charge in [0.15, 0.2) is 6.10 Å². The van der Waals surface area contributed by atoms with Gasteiger partial charge in [-0.05, 0) is 26.3 Å². The maximum atomic E-state index is 11.9. The second-order valence-electron chi connectivity index (χ2n) is 4.97. The number of carbonyl (C=O) groups is 1. The Bertz CT molecular complexity index is 418. The number of aliphatic hydroxyl groups is 1. The van der Waals surface area contributed by atoms with Crippen molar-refractivity contribution >= 4 is 5.91 Å². The van der Waals surface area contributed by atoms with Gasteiger partial charge >= 0.3 is 0 Å². The van der Waals surface area contributed by atoms with E-state index in [0.29, 0.717) is 17.9 Å². The van der Waals surface area contributed by atoms with Gasteiger partial charge < -0.3 is 15.2 Å². The number of rotatable bonds is 8. The number of amides is 1. The fraction of sp³-hybridized carbons (Fsp3) is 0.562. The lowest BCUT2D eigenvalue weighted by Gasteiger charge is -2.18. The van der Waals surface area contributed by atoms with E-state index in [1.165, 1.54) is 0 Å². The molecule has 0 saturated carbocycles. The van der Waals surface area contributed by atoms with Crippen molar-refractivity contribution in [1.29, 1.82) is 0 Å². The molecule has 0 spiro atoms. The van der Waals surface area contributed by atoms with Crippen molar-refractivity contribution in [3.05, 3.63) is 29.8 Å². The molecule has 2 atom stereocenters. The van der Waals surface area contributed by atoms with Crippen LogP contribution < -0.4 is 10.1 Å². The van der Waals surface area contributed by atoms with E-state index in [2.05, 4.69) is 12.2 Å². The molecule has 2 N–H and O–H groups in total. The van der Waals surface area contributed by atoms with Gasteiger partial charge in [-0.2, -0.15) is 0 Å². The highest BCUT2D eigenvalue weighted by Gasteiger charge is 2.16. The van der Waals surface area contributed by atoms with E-state index in [1.54, 1.807) is 26.0 Å². The molecule has 0 aliphatic heterocycles. The highest BCUT2D eigenvalue weighted by atomic mass is 16.5. The van der Waals surface area contributed by atoms with Crippen molar-refractivity contribution in [2.75, 3.05) is 6.54 Å². The molecule has 1 rings (SSSR count). The van der Waals surface area contributed by atoms with Gasteiger partial charge in [0, 0.05) is 12.1 Å². The Morgan fingerprint density at radius 3 is 2.65 bits per heavy atom. The van der Waals surface area contributed by atoms with Crippen molar-refractivity contribution < 1.29 is 14.6 Å². The normalized spacial score (nSPS) is 13.6. The minimum Gasteiger partial charge on any atom is -0.481 e. The van der Waals surface area contributed by atoms with Gasteiger partial charge in [0.1, 0.15) is 5.75 Å². The van der Waals surface area contributed by atoms with Gasteiger partial charge in [-0.1, -0.05) is 38.0 Å². The molecule has 0 aliphatic rings. The summed E-state index contributed by atoms with van der Waals surface area (Å²) in [6.45, 7) is 6.20. The molecule has 0 heterocycles. The van der Waals surface area contributed by atoms with Crippen molar-refractivity contribution in [2.45, 2.75) is 52.2 Å². The number of aliphatic hydroxyl groups excluding tert-OH is 1. The zero-order valence-electron chi connectivity index (χ0n) is 12.6. The topological polar surface area (TPSA) is 58.6 Å². The fourth-order valence-electron chi connectivity index (χ4n) is 1.91. The number of hydrogen-bond acceptors (Lipinski definition) is 3. The monoisotopic (exact) mass is 279 g/mol. The molecule has 0 saturated heterocycles. The average Bonchev–Trinajstić information content (AvgIpc) is 2.43. The molecule has 0 aromatic heterocycles. The Morgan fingerprint density at radius 1 is 1.30 bits per heavy atom. The summed E-state index contributed by atoms with van der Waals surface area (Å²) in [5, 5.41) is 12.5. The Hall–Kier alpha value is -1.55. The summed E-state index contributed by atoms with van der Waals surface area (Å²) >= 11 is 0. The van der Waals surface area contributed by atoms with Gasteiger partial charge in [-0.3, -0.25) is 4.79 Å². The minimum atomic E-state index is -0.619. The highest BCUT2D eigenvalue weighted by Crippen LogP contribution is 2.25. The summed E-state index contributed by atoms with van der Waals surface area (Å²) in [6.07, 6.45) is 2.03. The molecule has 112 valence electrons. The third-order valence-electron chi connectivity index (χ3n) is 3.12. The van der Waals surface area contributed by atoms with Crippen molar-refractivity contribution in [2.24, 2.45) is 0 Å². The number of hydrogen-bond donors (Lipinski definition) is 2. The number of unbranched alkanes of at least 4 members (excludes halogenated alkanes) is 2. The Balaban J connectivity index is 2.53. The van der Waals surface area contributed by atoms with Crippen LogP contribution in [0.4, 0.5) is 0 Å². The van der Waals surface area contributed by atoms with Crippen LogP contribution in [-0.4, -0.2) is 23.7 Å². The molecule has 1 amide bonds. The number of nitrogens with one attached hydrogen (secondary N) is 1. The molecule has 20 heavy (non-hydrogen) atoms. The lowest BCUT2D eigenvalue weighted by Crippen LogP contribution is -2.37. The Kier molecular flexibility index (Phi) is 7.09. The van der Waals surface area contributed by atoms with Gasteiger partial charge in [0.2, 0.25) is 0 Å². The Labute approximate surface area is 121 Å². The van der Waals surface area contributed by atoms with E-state index in [-0.39, 0.29) is 5.91 Å². The van der Waals surface area contributed by atoms with E-state index in [1.807, 2.05) is 12.1 Å². The first kappa shape index (κ1) is 16.5. The van der Waals surface area contributed by atoms with Crippen LogP contribution in [0, 0.1) is 0 Å². The van der Waals surface area contributed by atoms with E-state index < -0.39 is 12.2 Å². The first-order valence-electron chi connectivity index (χ1n) is 7.27. The van der Waals surface area contributed by atoms with E-state index in [4.69, 9.17) is 4.74 Å². The quantitative estimate of drug-likeness (QED) is 0.719. The van der Waals surface area contributed by atoms with Gasteiger partial charge in [-0.25, -0.2) is 0 Å². The largest absolute Gasteiger partial charge is 0.481 e. The first-order chi connectivity index (χ1) is 9.56. The van der Waals surface area contributed by atoms with Crippen LogP contribution in [0.3, 0.4) is 0 Å². The summed E-state index contributed by atoms with van der Waals surface area (Å²) in [4.78, 5) is 11.9. The Morgan fingerprint density at radius 2 is 2.00 bits per heavy atom. The van der Waals surface area contributed by atoms with Crippen LogP contribution in [0.1, 0.15) is 51.7 Å². The lowest BCUT2D eigenvalue weighted by atomic mass is 10.1. The zero-order chi connectivity index (χ0) is 15.0. The predicted molar refractivity (Wildman–Crippen MR) is 79.7 cm³/mol. The summed E-state index contributed by atoms with van der Waals surface area (Å²) in [5.41, 5.74) is 0.693. The fourth-order valence-corrected chi connectivity index (χ4v) is 1.91. The van der Waals surface area contributed by atoms with E-state index in [0.717, 1.165) is 19.3 Å². The first-order valence-corrected chi connectivity index (χ1v) is 7.27. The summed E-state index contributed by atoms with van der Waals surface area (Å²) in [6, 6.07) is 7.23. The predicted octanol–water partition coefficient (Wildman–Crippen LogP) is 2.81. The van der Waals surface area contributed by atoms with Gasteiger partial charge in [0.05, 0.1) is 6.10 Å². The highest BCUT2D eigenvalue weighted by molar-refractivity contribution is 5.80. The maximum absolute atomic E-state index is 11.9. The minimum absolute atomic E-state index is 0.124. The molecule has 4 nitrogen and oxygen atoms in total. The molecule has 1 aromatic rings. The summed E-state index contributed by atoms with van der Waals surface area (Å²) in [5.74, 6) is 0.431. The molecule has 1 aromatic carbocycles. The molecule has 4 heteroatoms. The third kappa shape index (κ3) is 5.21. The van der Waals surface area contributed by atoms with Crippen LogP contribution in [0.5, 0.6) is 5.75 Å². The SMILES string of the molecule is CCCCCNC(=O)C(C)Oc1ccccc1C(C)O. The molecule has 0 aliphatic carbocycles. The van der Waals surface area contributed by atoms with E-state index >= 15 is 0 Å². The zero-order valence-corrected chi connectivity index (χ0v) is 12.6. The molecule has 0 radical (unpaired) electrons. The van der Waals surface area contributed by atoms with Crippen LogP contribution in [0.25, 0.3) is 0 Å². The van der Waals surface area contributed by atoms with Gasteiger partial charge in [0.25, 0.3) is 5.91 Å². The number of benzene rings is 1. The van der Waals surface area contributed by atoms with Crippen LogP contribution in [0.15, 0.2) is 24.3 Å². The average molecular weight is 279 g/mol. The summed E-state index contributed by atoms with van der Waals surface area (Å²) < 4.78 is 5.65. The van der Waals surface area contributed by atoms with Crippen molar-refractivity contribution in [3.63, 3.8) is 0 Å². The van der Waals surface area contributed by atoms with Gasteiger partial charge in [-0.15, -0.1) is 0 Å². The van der Waals surface area contributed by atoms with Crippen LogP contribution >= 0.6 is 0 Å². The summed E-state index contributed by atoms with van der Waals surface area (Å²) in [7, 11) is 0. The maximum Gasteiger partial charge on any atom is 0.260 e. The molecule has 0 bridgehead atoms. The lowest BCUT2D eigenvalue weighted by molar-refractivity contribution is -0.127. The molecule has 0 fully saturated rings. The second kappa shape index (κ2) is 8.59. The standard InChI is InChI=1S/C16H25NO3/c1-4-5-8-11-17-16(19)13(3)20-15-10-7-6-9-14(15)12(2)18/h6-7,9-10,12-13,18H,4-5,8,11H2,1-3H3,(H,17,19). The third-order valence-corrected chi connectivity index (χ3v) is 3.12. The van der Waals surface area contributed by atoms with Crippen molar-refractivity contribution in [3.8, 4) is 5.75 Å². The second-order valence-corrected chi connectivity index (χ2v) is 4.97. The van der Waals surface area contributed by atoms with E-state index in [9.17, 15) is 9.90 Å². The smallest absolute Gasteiger partial charge is 0.260 e.